The van der Waals surface area contributed by atoms with Gasteiger partial charge in [-0.15, -0.1) is 0 Å². The monoisotopic (exact) mass is 393 g/mol. The van der Waals surface area contributed by atoms with Crippen LogP contribution in [0.15, 0.2) is 0 Å². The SMILES string of the molecule is CCCCCCCCCn1c2c(c(=N)c3c1CCC3)CCCC2.[Br-]. The topological polar surface area (TPSA) is 28.8 Å². The second kappa shape index (κ2) is 9.79. The smallest absolute Gasteiger partial charge is 0.0638 e. The van der Waals surface area contributed by atoms with Gasteiger partial charge in [0.1, 0.15) is 0 Å². The summed E-state index contributed by atoms with van der Waals surface area (Å²) in [5.41, 5.74) is 5.86. The number of nitrogens with zero attached hydrogens (tertiary/aromatic N) is 1. The van der Waals surface area contributed by atoms with Crippen molar-refractivity contribution in [3.05, 3.63) is 27.9 Å². The van der Waals surface area contributed by atoms with Crippen LogP contribution in [0.4, 0.5) is 0 Å². The van der Waals surface area contributed by atoms with E-state index in [1.54, 1.807) is 0 Å². The van der Waals surface area contributed by atoms with Crippen LogP contribution in [0, 0.1) is 5.41 Å². The average molecular weight is 394 g/mol. The van der Waals surface area contributed by atoms with Gasteiger partial charge in [-0.2, -0.15) is 0 Å². The number of halogens is 1. The molecule has 0 aliphatic heterocycles. The third kappa shape index (κ3) is 4.33. The van der Waals surface area contributed by atoms with Crippen molar-refractivity contribution in [2.24, 2.45) is 0 Å². The summed E-state index contributed by atoms with van der Waals surface area (Å²) in [6.07, 6.45) is 18.3. The van der Waals surface area contributed by atoms with Gasteiger partial charge in [0.2, 0.25) is 0 Å². The van der Waals surface area contributed by atoms with E-state index in [-0.39, 0.29) is 17.0 Å². The molecule has 3 heteroatoms. The number of unbranched alkanes of at least 4 members (excludes halogenated alkanes) is 6. The van der Waals surface area contributed by atoms with Crippen molar-refractivity contribution in [2.75, 3.05) is 0 Å². The molecule has 0 saturated carbocycles. The van der Waals surface area contributed by atoms with Gasteiger partial charge in [0, 0.05) is 17.9 Å². The molecule has 2 nitrogen and oxygen atoms in total. The average Bonchev–Trinajstić information content (AvgIpc) is 3.06. The first-order valence-electron chi connectivity index (χ1n) is 10.1. The molecule has 0 unspecified atom stereocenters. The van der Waals surface area contributed by atoms with Crippen LogP contribution in [0.2, 0.25) is 0 Å². The van der Waals surface area contributed by atoms with Gasteiger partial charge in [-0.05, 0) is 62.5 Å². The molecule has 0 atom stereocenters. The summed E-state index contributed by atoms with van der Waals surface area (Å²) in [6.45, 7) is 3.50. The van der Waals surface area contributed by atoms with Crippen molar-refractivity contribution in [1.82, 2.24) is 4.57 Å². The lowest BCUT2D eigenvalue weighted by atomic mass is 9.92. The minimum absolute atomic E-state index is 0. The molecule has 0 spiro atoms. The Labute approximate surface area is 158 Å². The molecule has 1 N–H and O–H groups in total. The summed E-state index contributed by atoms with van der Waals surface area (Å²) in [6, 6.07) is 0. The Kier molecular flexibility index (Phi) is 8.06. The molecule has 1 aromatic heterocycles. The zero-order chi connectivity index (χ0) is 16.1. The number of aromatic nitrogens is 1. The van der Waals surface area contributed by atoms with E-state index in [0.717, 1.165) is 18.2 Å². The van der Waals surface area contributed by atoms with Crippen LogP contribution >= 0.6 is 0 Å². The van der Waals surface area contributed by atoms with Gasteiger partial charge in [0.15, 0.2) is 0 Å². The quantitative estimate of drug-likeness (QED) is 0.655. The Morgan fingerprint density at radius 3 is 2.00 bits per heavy atom. The first-order chi connectivity index (χ1) is 11.3. The van der Waals surface area contributed by atoms with Gasteiger partial charge < -0.3 is 27.0 Å². The molecule has 0 bridgehead atoms. The molecule has 0 fully saturated rings. The molecular weight excluding hydrogens is 360 g/mol. The van der Waals surface area contributed by atoms with Gasteiger partial charge in [0.05, 0.1) is 5.36 Å². The summed E-state index contributed by atoms with van der Waals surface area (Å²) in [4.78, 5) is 0. The summed E-state index contributed by atoms with van der Waals surface area (Å²) >= 11 is 0. The number of nitrogens with one attached hydrogen (secondary N) is 1. The Morgan fingerprint density at radius 2 is 1.29 bits per heavy atom. The lowest BCUT2D eigenvalue weighted by Crippen LogP contribution is -3.00. The maximum atomic E-state index is 8.60. The highest BCUT2D eigenvalue weighted by Crippen LogP contribution is 2.27. The molecule has 0 aromatic carbocycles. The molecule has 0 saturated heterocycles. The Hall–Kier alpha value is -0.570. The lowest BCUT2D eigenvalue weighted by molar-refractivity contribution is -0.00000516. The fraction of sp³-hybridized carbons (Fsp3) is 0.762. The Morgan fingerprint density at radius 1 is 0.750 bits per heavy atom. The minimum atomic E-state index is 0. The second-order valence-electron chi connectivity index (χ2n) is 7.56. The minimum Gasteiger partial charge on any atom is -1.00 e. The number of hydrogen-bond acceptors (Lipinski definition) is 1. The highest BCUT2D eigenvalue weighted by molar-refractivity contribution is 5.35. The lowest BCUT2D eigenvalue weighted by Gasteiger charge is -2.26. The molecule has 1 aromatic rings. The summed E-state index contributed by atoms with van der Waals surface area (Å²) < 4.78 is 2.67. The molecule has 0 radical (unpaired) electrons. The molecule has 3 rings (SSSR count). The highest BCUT2D eigenvalue weighted by Gasteiger charge is 2.23. The normalized spacial score (nSPS) is 15.7. The third-order valence-electron chi connectivity index (χ3n) is 5.87. The summed E-state index contributed by atoms with van der Waals surface area (Å²) in [7, 11) is 0. The van der Waals surface area contributed by atoms with Gasteiger partial charge in [0.25, 0.3) is 0 Å². The fourth-order valence-electron chi connectivity index (χ4n) is 4.59. The number of rotatable bonds is 8. The molecule has 24 heavy (non-hydrogen) atoms. The van der Waals surface area contributed by atoms with Crippen LogP contribution in [0.3, 0.4) is 0 Å². The number of pyridine rings is 1. The van der Waals surface area contributed by atoms with E-state index in [1.165, 1.54) is 106 Å². The third-order valence-corrected chi connectivity index (χ3v) is 5.87. The zero-order valence-electron chi connectivity index (χ0n) is 15.4. The van der Waals surface area contributed by atoms with Gasteiger partial charge >= 0.3 is 0 Å². The Balaban J connectivity index is 0.00000208. The van der Waals surface area contributed by atoms with Crippen molar-refractivity contribution in [1.29, 1.82) is 5.41 Å². The van der Waals surface area contributed by atoms with E-state index in [9.17, 15) is 0 Å². The standard InChI is InChI=1S/C21H34N2.BrH/c1-2-3-4-5-6-7-10-16-23-19-14-9-8-12-17(19)21(22)18-13-11-15-20(18)23;/h22H,2-16H2,1H3;1H/p-1. The maximum absolute atomic E-state index is 8.60. The highest BCUT2D eigenvalue weighted by atomic mass is 79.9. The van der Waals surface area contributed by atoms with E-state index in [0.29, 0.717) is 0 Å². The van der Waals surface area contributed by atoms with Gasteiger partial charge in [-0.1, -0.05) is 45.4 Å². The molecule has 1 heterocycles. The number of hydrogen-bond donors (Lipinski definition) is 1. The summed E-state index contributed by atoms with van der Waals surface area (Å²) in [5.74, 6) is 0. The van der Waals surface area contributed by atoms with E-state index in [2.05, 4.69) is 11.5 Å². The largest absolute Gasteiger partial charge is 1.00 e. The van der Waals surface area contributed by atoms with Crippen molar-refractivity contribution in [3.63, 3.8) is 0 Å². The van der Waals surface area contributed by atoms with E-state index in [4.69, 9.17) is 5.41 Å². The molecule has 0 amide bonds. The van der Waals surface area contributed by atoms with Crippen molar-refractivity contribution < 1.29 is 17.0 Å². The van der Waals surface area contributed by atoms with Gasteiger partial charge in [-0.3, -0.25) is 0 Å². The van der Waals surface area contributed by atoms with E-state index < -0.39 is 0 Å². The molecule has 136 valence electrons. The Bertz CT molecular complexity index is 588. The molecule has 2 aliphatic carbocycles. The van der Waals surface area contributed by atoms with Gasteiger partial charge in [-0.25, -0.2) is 0 Å². The van der Waals surface area contributed by atoms with Crippen molar-refractivity contribution >= 4 is 0 Å². The van der Waals surface area contributed by atoms with E-state index in [1.807, 2.05) is 0 Å². The van der Waals surface area contributed by atoms with Crippen LogP contribution in [0.1, 0.15) is 93.6 Å². The van der Waals surface area contributed by atoms with Crippen LogP contribution in [0.25, 0.3) is 0 Å². The second-order valence-corrected chi connectivity index (χ2v) is 7.56. The summed E-state index contributed by atoms with van der Waals surface area (Å²) in [5, 5.41) is 9.52. The first kappa shape index (κ1) is 19.8. The molecule has 2 aliphatic rings. The van der Waals surface area contributed by atoms with Crippen LogP contribution in [-0.2, 0) is 32.2 Å². The fourth-order valence-corrected chi connectivity index (χ4v) is 4.59. The van der Waals surface area contributed by atoms with Crippen molar-refractivity contribution in [2.45, 2.75) is 103 Å². The van der Waals surface area contributed by atoms with Crippen LogP contribution < -0.4 is 22.3 Å². The first-order valence-corrected chi connectivity index (χ1v) is 10.1. The number of fused-ring (bicyclic) bond motifs is 2. The predicted molar refractivity (Wildman–Crippen MR) is 96.9 cm³/mol. The molecular formula is C21H34BrN2-. The predicted octanol–water partition coefficient (Wildman–Crippen LogP) is 2.09. The van der Waals surface area contributed by atoms with E-state index >= 15 is 0 Å². The maximum Gasteiger partial charge on any atom is 0.0638 e. The van der Waals surface area contributed by atoms with Crippen LogP contribution in [-0.4, -0.2) is 4.57 Å². The van der Waals surface area contributed by atoms with Crippen LogP contribution in [0.5, 0.6) is 0 Å². The van der Waals surface area contributed by atoms with Crippen molar-refractivity contribution in [3.8, 4) is 0 Å². The zero-order valence-corrected chi connectivity index (χ0v) is 17.0.